The minimum absolute atomic E-state index is 0.0265. The second-order valence-corrected chi connectivity index (χ2v) is 8.41. The van der Waals surface area contributed by atoms with E-state index in [9.17, 15) is 19.2 Å². The number of carboxylic acids is 1. The molecule has 3 amide bonds. The first-order chi connectivity index (χ1) is 17.2. The number of nitrogens with zero attached hydrogens (tertiary/aromatic N) is 2. The van der Waals surface area contributed by atoms with E-state index in [2.05, 4.69) is 25.6 Å². The van der Waals surface area contributed by atoms with Gasteiger partial charge in [0.15, 0.2) is 12.3 Å². The van der Waals surface area contributed by atoms with Crippen LogP contribution in [0.5, 0.6) is 5.75 Å². The number of ether oxygens (including phenoxy) is 1. The van der Waals surface area contributed by atoms with Gasteiger partial charge in [-0.05, 0) is 30.5 Å². The van der Waals surface area contributed by atoms with E-state index in [0.29, 0.717) is 11.4 Å². The molecule has 36 heavy (non-hydrogen) atoms. The van der Waals surface area contributed by atoms with Crippen LogP contribution in [0.1, 0.15) is 45.7 Å². The molecule has 0 radical (unpaired) electrons. The molecule has 3 heterocycles. The maximum atomic E-state index is 12.5. The first-order valence-electron chi connectivity index (χ1n) is 11.2. The lowest BCUT2D eigenvalue weighted by Crippen LogP contribution is -2.34. The molecule has 3 aromatic rings. The standard InChI is InChI=1S/C17H13N5O5.C6H12N2O/c23-12-6-27-11-2-1-8(3-10(11)22-12)4-19-16(24)15-14-13(20-7-21-15)9(5-18-14)17(25)26;7-5-3-1-2-4(5)6(8)9/h1-3,5,7,18H,4,6H2,(H,19,24)(H,22,23)(H,25,26);4-5H,1-3,7H2,(H2,8,9)/t;4-,5+/m.1/s1. The quantitative estimate of drug-likeness (QED) is 0.290. The molecule has 1 fully saturated rings. The van der Waals surface area contributed by atoms with Crippen LogP contribution in [0.4, 0.5) is 5.69 Å². The van der Waals surface area contributed by atoms with Crippen molar-refractivity contribution in [2.24, 2.45) is 17.4 Å². The fraction of sp³-hybridized carbons (Fsp3) is 0.304. The molecule has 1 saturated carbocycles. The number of hydrogen-bond donors (Lipinski definition) is 6. The number of nitrogens with two attached hydrogens (primary N) is 2. The normalized spacial score (nSPS) is 18.3. The molecule has 13 heteroatoms. The zero-order chi connectivity index (χ0) is 25.8. The Labute approximate surface area is 204 Å². The molecule has 188 valence electrons. The van der Waals surface area contributed by atoms with Crippen molar-refractivity contribution in [1.82, 2.24) is 20.3 Å². The summed E-state index contributed by atoms with van der Waals surface area (Å²) in [5.74, 6) is -1.60. The van der Waals surface area contributed by atoms with Gasteiger partial charge in [-0.2, -0.15) is 0 Å². The van der Waals surface area contributed by atoms with E-state index < -0.39 is 11.9 Å². The number of H-pyrrole nitrogens is 1. The Bertz CT molecular complexity index is 1340. The van der Waals surface area contributed by atoms with Crippen LogP contribution in [0.15, 0.2) is 30.7 Å². The summed E-state index contributed by atoms with van der Waals surface area (Å²) in [4.78, 5) is 56.2. The van der Waals surface area contributed by atoms with Crippen molar-refractivity contribution >= 4 is 40.4 Å². The number of rotatable bonds is 5. The third-order valence-electron chi connectivity index (χ3n) is 5.97. The van der Waals surface area contributed by atoms with Crippen LogP contribution in [-0.2, 0) is 16.1 Å². The molecule has 1 aliphatic carbocycles. The van der Waals surface area contributed by atoms with Crippen LogP contribution in [0.3, 0.4) is 0 Å². The first kappa shape index (κ1) is 24.6. The summed E-state index contributed by atoms with van der Waals surface area (Å²) in [6.07, 6.45) is 5.30. The van der Waals surface area contributed by atoms with Crippen LogP contribution in [-0.4, -0.2) is 56.4 Å². The zero-order valence-corrected chi connectivity index (χ0v) is 19.1. The minimum atomic E-state index is -1.15. The number of aromatic amines is 1. The molecule has 1 aromatic carbocycles. The molecular weight excluding hydrogens is 470 g/mol. The highest BCUT2D eigenvalue weighted by molar-refractivity contribution is 6.08. The van der Waals surface area contributed by atoms with Gasteiger partial charge in [-0.3, -0.25) is 14.4 Å². The SMILES string of the molecule is NC(=O)[C@@H]1CCC[C@@H]1N.O=C1COc2ccc(CNC(=O)c3ncnc4c(C(=O)O)c[nH]c34)cc2N1. The van der Waals surface area contributed by atoms with Gasteiger partial charge in [-0.25, -0.2) is 14.8 Å². The summed E-state index contributed by atoms with van der Waals surface area (Å²) < 4.78 is 5.29. The summed E-state index contributed by atoms with van der Waals surface area (Å²) in [5.41, 5.74) is 12.4. The fourth-order valence-corrected chi connectivity index (χ4v) is 4.12. The average molecular weight is 495 g/mol. The second-order valence-electron chi connectivity index (χ2n) is 8.41. The monoisotopic (exact) mass is 495 g/mol. The Morgan fingerprint density at radius 1 is 1.22 bits per heavy atom. The van der Waals surface area contributed by atoms with Gasteiger partial charge >= 0.3 is 5.97 Å². The first-order valence-corrected chi connectivity index (χ1v) is 11.2. The van der Waals surface area contributed by atoms with Crippen LogP contribution >= 0.6 is 0 Å². The Kier molecular flexibility index (Phi) is 7.10. The molecule has 5 rings (SSSR count). The summed E-state index contributed by atoms with van der Waals surface area (Å²) in [6.45, 7) is 0.154. The third-order valence-corrected chi connectivity index (χ3v) is 5.97. The van der Waals surface area contributed by atoms with E-state index in [1.54, 1.807) is 18.2 Å². The molecule has 2 aromatic heterocycles. The number of nitrogens with one attached hydrogen (secondary N) is 3. The van der Waals surface area contributed by atoms with Gasteiger partial charge in [0.25, 0.3) is 11.8 Å². The molecule has 0 saturated heterocycles. The number of aromatic nitrogens is 3. The third kappa shape index (κ3) is 5.25. The number of anilines is 1. The van der Waals surface area contributed by atoms with Crippen LogP contribution in [0, 0.1) is 5.92 Å². The molecule has 8 N–H and O–H groups in total. The molecule has 0 bridgehead atoms. The van der Waals surface area contributed by atoms with Crippen molar-refractivity contribution in [3.05, 3.63) is 47.5 Å². The number of carbonyl (C=O) groups is 4. The van der Waals surface area contributed by atoms with Crippen molar-refractivity contribution in [1.29, 1.82) is 0 Å². The number of hydrogen-bond acceptors (Lipinski definition) is 8. The summed E-state index contributed by atoms with van der Waals surface area (Å²) in [7, 11) is 0. The van der Waals surface area contributed by atoms with Crippen LogP contribution in [0.25, 0.3) is 11.0 Å². The van der Waals surface area contributed by atoms with Gasteiger partial charge < -0.3 is 36.9 Å². The van der Waals surface area contributed by atoms with E-state index in [1.807, 2.05) is 0 Å². The lowest BCUT2D eigenvalue weighted by atomic mass is 10.0. The number of carbonyl (C=O) groups excluding carboxylic acids is 3. The van der Waals surface area contributed by atoms with E-state index in [4.69, 9.17) is 21.3 Å². The van der Waals surface area contributed by atoms with Crippen molar-refractivity contribution in [3.63, 3.8) is 0 Å². The molecule has 0 unspecified atom stereocenters. The van der Waals surface area contributed by atoms with Crippen molar-refractivity contribution in [2.75, 3.05) is 11.9 Å². The van der Waals surface area contributed by atoms with Crippen molar-refractivity contribution < 1.29 is 29.0 Å². The van der Waals surface area contributed by atoms with Gasteiger partial charge in [-0.15, -0.1) is 0 Å². The van der Waals surface area contributed by atoms with Crippen LogP contribution < -0.4 is 26.8 Å². The van der Waals surface area contributed by atoms with Crippen molar-refractivity contribution in [2.45, 2.75) is 31.8 Å². The van der Waals surface area contributed by atoms with Gasteiger partial charge in [-0.1, -0.05) is 12.5 Å². The Morgan fingerprint density at radius 3 is 2.69 bits per heavy atom. The fourth-order valence-electron chi connectivity index (χ4n) is 4.12. The molecule has 13 nitrogen and oxygen atoms in total. The number of benzene rings is 1. The number of aromatic carboxylic acids is 1. The average Bonchev–Trinajstić information content (AvgIpc) is 3.49. The highest BCUT2D eigenvalue weighted by Crippen LogP contribution is 2.28. The smallest absolute Gasteiger partial charge is 0.339 e. The zero-order valence-electron chi connectivity index (χ0n) is 19.1. The highest BCUT2D eigenvalue weighted by Gasteiger charge is 2.28. The van der Waals surface area contributed by atoms with E-state index >= 15 is 0 Å². The molecular formula is C23H25N7O6. The lowest BCUT2D eigenvalue weighted by Gasteiger charge is -2.18. The highest BCUT2D eigenvalue weighted by atomic mass is 16.5. The Balaban J connectivity index is 0.000000286. The number of fused-ring (bicyclic) bond motifs is 2. The van der Waals surface area contributed by atoms with Gasteiger partial charge in [0.2, 0.25) is 5.91 Å². The molecule has 2 aliphatic rings. The Morgan fingerprint density at radius 2 is 2.03 bits per heavy atom. The van der Waals surface area contributed by atoms with E-state index in [1.165, 1.54) is 6.20 Å². The van der Waals surface area contributed by atoms with Crippen molar-refractivity contribution in [3.8, 4) is 5.75 Å². The maximum absolute atomic E-state index is 12.5. The maximum Gasteiger partial charge on any atom is 0.339 e. The second kappa shape index (κ2) is 10.4. The van der Waals surface area contributed by atoms with Crippen LogP contribution in [0.2, 0.25) is 0 Å². The Hall–Kier alpha value is -4.52. The molecule has 2 atom stereocenters. The van der Waals surface area contributed by atoms with Gasteiger partial charge in [0.1, 0.15) is 23.2 Å². The number of primary amides is 1. The van der Waals surface area contributed by atoms with E-state index in [-0.39, 0.29) is 59.2 Å². The minimum Gasteiger partial charge on any atom is -0.482 e. The summed E-state index contributed by atoms with van der Waals surface area (Å²) in [5, 5.41) is 14.6. The topological polar surface area (TPSA) is 215 Å². The largest absolute Gasteiger partial charge is 0.482 e. The number of carboxylic acid groups (broad SMARTS) is 1. The van der Waals surface area contributed by atoms with E-state index in [0.717, 1.165) is 31.2 Å². The predicted octanol–water partition coefficient (Wildman–Crippen LogP) is 0.516. The predicted molar refractivity (Wildman–Crippen MR) is 127 cm³/mol. The lowest BCUT2D eigenvalue weighted by molar-refractivity contribution is -0.122. The number of amides is 3. The van der Waals surface area contributed by atoms with Gasteiger partial charge in [0.05, 0.1) is 17.1 Å². The summed E-state index contributed by atoms with van der Waals surface area (Å²) >= 11 is 0. The molecule has 0 spiro atoms. The summed E-state index contributed by atoms with van der Waals surface area (Å²) in [6, 6.07) is 5.22. The van der Waals surface area contributed by atoms with Gasteiger partial charge in [0, 0.05) is 18.8 Å². The molecule has 1 aliphatic heterocycles.